The SMILES string of the molecule is Cc1cc(C)n(-c2ccc(C(=O)NC3CCSCC3)cc2F)n1. The quantitative estimate of drug-likeness (QED) is 0.938. The summed E-state index contributed by atoms with van der Waals surface area (Å²) in [5, 5.41) is 7.28. The third-order valence-electron chi connectivity index (χ3n) is 4.00. The molecule has 1 fully saturated rings. The van der Waals surface area contributed by atoms with Crippen molar-refractivity contribution in [3.8, 4) is 5.69 Å². The molecule has 1 saturated heterocycles. The van der Waals surface area contributed by atoms with Crippen molar-refractivity contribution in [3.63, 3.8) is 0 Å². The van der Waals surface area contributed by atoms with Crippen molar-refractivity contribution in [3.05, 3.63) is 47.0 Å². The molecule has 4 nitrogen and oxygen atoms in total. The Hall–Kier alpha value is -1.82. The van der Waals surface area contributed by atoms with Gasteiger partial charge < -0.3 is 5.32 Å². The molecule has 0 spiro atoms. The second-order valence-electron chi connectivity index (χ2n) is 5.87. The van der Waals surface area contributed by atoms with Gasteiger partial charge in [0.15, 0.2) is 0 Å². The number of thioether (sulfide) groups is 1. The van der Waals surface area contributed by atoms with Crippen LogP contribution in [0.2, 0.25) is 0 Å². The number of hydrogen-bond acceptors (Lipinski definition) is 3. The van der Waals surface area contributed by atoms with E-state index in [2.05, 4.69) is 10.4 Å². The van der Waals surface area contributed by atoms with Crippen molar-refractivity contribution in [1.82, 2.24) is 15.1 Å². The maximum absolute atomic E-state index is 14.4. The van der Waals surface area contributed by atoms with Crippen LogP contribution in [0, 0.1) is 19.7 Å². The van der Waals surface area contributed by atoms with E-state index >= 15 is 0 Å². The minimum atomic E-state index is -0.442. The Bertz CT molecular complexity index is 723. The van der Waals surface area contributed by atoms with Crippen LogP contribution < -0.4 is 5.32 Å². The second-order valence-corrected chi connectivity index (χ2v) is 7.09. The zero-order valence-corrected chi connectivity index (χ0v) is 14.1. The Morgan fingerprint density at radius 1 is 1.30 bits per heavy atom. The molecule has 1 N–H and O–H groups in total. The van der Waals surface area contributed by atoms with Crippen LogP contribution in [0.15, 0.2) is 24.3 Å². The molecular weight excluding hydrogens is 313 g/mol. The van der Waals surface area contributed by atoms with Gasteiger partial charge in [-0.25, -0.2) is 9.07 Å². The molecule has 2 heterocycles. The number of carbonyl (C=O) groups excluding carboxylic acids is 1. The van der Waals surface area contributed by atoms with Crippen molar-refractivity contribution in [2.75, 3.05) is 11.5 Å². The van der Waals surface area contributed by atoms with Crippen LogP contribution in [-0.2, 0) is 0 Å². The van der Waals surface area contributed by atoms with Crippen molar-refractivity contribution >= 4 is 17.7 Å². The summed E-state index contributed by atoms with van der Waals surface area (Å²) in [6.07, 6.45) is 1.95. The number of benzene rings is 1. The molecule has 2 aromatic rings. The Kier molecular flexibility index (Phi) is 4.71. The van der Waals surface area contributed by atoms with Gasteiger partial charge in [0.05, 0.1) is 5.69 Å². The molecule has 1 aliphatic heterocycles. The average Bonchev–Trinajstić information content (AvgIpc) is 2.86. The summed E-state index contributed by atoms with van der Waals surface area (Å²) in [5.41, 5.74) is 2.41. The van der Waals surface area contributed by atoms with Crippen molar-refractivity contribution in [2.24, 2.45) is 0 Å². The van der Waals surface area contributed by atoms with E-state index in [-0.39, 0.29) is 11.9 Å². The van der Waals surface area contributed by atoms with Gasteiger partial charge in [-0.15, -0.1) is 0 Å². The molecule has 1 aromatic heterocycles. The highest BCUT2D eigenvalue weighted by Gasteiger charge is 2.18. The second kappa shape index (κ2) is 6.74. The van der Waals surface area contributed by atoms with E-state index in [1.165, 1.54) is 6.07 Å². The number of nitrogens with zero attached hydrogens (tertiary/aromatic N) is 2. The van der Waals surface area contributed by atoms with Crippen LogP contribution in [0.1, 0.15) is 34.6 Å². The predicted octanol–water partition coefficient (Wildman–Crippen LogP) is 3.25. The highest BCUT2D eigenvalue weighted by Crippen LogP contribution is 2.19. The fourth-order valence-corrected chi connectivity index (χ4v) is 3.91. The van der Waals surface area contributed by atoms with Gasteiger partial charge in [0, 0.05) is 17.3 Å². The monoisotopic (exact) mass is 333 g/mol. The summed E-state index contributed by atoms with van der Waals surface area (Å²) in [4.78, 5) is 12.3. The van der Waals surface area contributed by atoms with Crippen molar-refractivity contribution < 1.29 is 9.18 Å². The molecule has 0 bridgehead atoms. The predicted molar refractivity (Wildman–Crippen MR) is 90.8 cm³/mol. The van der Waals surface area contributed by atoms with Gasteiger partial charge in [-0.05, 0) is 62.5 Å². The Morgan fingerprint density at radius 3 is 2.65 bits per heavy atom. The van der Waals surface area contributed by atoms with Crippen LogP contribution in [0.25, 0.3) is 5.69 Å². The number of amides is 1. The van der Waals surface area contributed by atoms with E-state index in [9.17, 15) is 9.18 Å². The topological polar surface area (TPSA) is 46.9 Å². The molecule has 0 atom stereocenters. The molecule has 1 amide bonds. The summed E-state index contributed by atoms with van der Waals surface area (Å²) in [6, 6.07) is 6.64. The van der Waals surface area contributed by atoms with Crippen LogP contribution in [0.4, 0.5) is 4.39 Å². The first-order valence-corrected chi connectivity index (χ1v) is 8.92. The number of nitrogens with one attached hydrogen (secondary N) is 1. The lowest BCUT2D eigenvalue weighted by molar-refractivity contribution is 0.0934. The first kappa shape index (κ1) is 16.1. The van der Waals surface area contributed by atoms with E-state index in [0.29, 0.717) is 11.3 Å². The molecular formula is C17H20FN3OS. The van der Waals surface area contributed by atoms with Gasteiger partial charge in [-0.2, -0.15) is 16.9 Å². The molecule has 6 heteroatoms. The number of hydrogen-bond donors (Lipinski definition) is 1. The lowest BCUT2D eigenvalue weighted by Gasteiger charge is -2.22. The van der Waals surface area contributed by atoms with E-state index in [1.54, 1.807) is 16.8 Å². The average molecular weight is 333 g/mol. The lowest BCUT2D eigenvalue weighted by Crippen LogP contribution is -2.37. The smallest absolute Gasteiger partial charge is 0.251 e. The molecule has 0 saturated carbocycles. The molecule has 23 heavy (non-hydrogen) atoms. The minimum absolute atomic E-state index is 0.197. The zero-order valence-electron chi connectivity index (χ0n) is 13.3. The normalized spacial score (nSPS) is 15.6. The Labute approximate surface area is 139 Å². The van der Waals surface area contributed by atoms with Gasteiger partial charge >= 0.3 is 0 Å². The van der Waals surface area contributed by atoms with E-state index in [1.807, 2.05) is 31.7 Å². The molecule has 0 radical (unpaired) electrons. The zero-order chi connectivity index (χ0) is 16.4. The van der Waals surface area contributed by atoms with Gasteiger partial charge in [0.25, 0.3) is 5.91 Å². The van der Waals surface area contributed by atoms with Gasteiger partial charge in [0.2, 0.25) is 0 Å². The number of carbonyl (C=O) groups is 1. The molecule has 0 unspecified atom stereocenters. The Morgan fingerprint density at radius 2 is 2.04 bits per heavy atom. The summed E-state index contributed by atoms with van der Waals surface area (Å²) >= 11 is 1.91. The van der Waals surface area contributed by atoms with Gasteiger partial charge in [-0.1, -0.05) is 0 Å². The largest absolute Gasteiger partial charge is 0.349 e. The van der Waals surface area contributed by atoms with Crippen LogP contribution in [-0.4, -0.2) is 33.2 Å². The van der Waals surface area contributed by atoms with Crippen LogP contribution in [0.3, 0.4) is 0 Å². The van der Waals surface area contributed by atoms with Gasteiger partial charge in [0.1, 0.15) is 11.5 Å². The number of halogens is 1. The first-order chi connectivity index (χ1) is 11.0. The molecule has 122 valence electrons. The van der Waals surface area contributed by atoms with E-state index < -0.39 is 5.82 Å². The van der Waals surface area contributed by atoms with Crippen molar-refractivity contribution in [1.29, 1.82) is 0 Å². The van der Waals surface area contributed by atoms with Crippen LogP contribution in [0.5, 0.6) is 0 Å². The summed E-state index contributed by atoms with van der Waals surface area (Å²) in [7, 11) is 0. The van der Waals surface area contributed by atoms with E-state index in [0.717, 1.165) is 35.7 Å². The lowest BCUT2D eigenvalue weighted by atomic mass is 10.1. The molecule has 3 rings (SSSR count). The summed E-state index contributed by atoms with van der Waals surface area (Å²) < 4.78 is 16.0. The minimum Gasteiger partial charge on any atom is -0.349 e. The molecule has 0 aliphatic carbocycles. The van der Waals surface area contributed by atoms with Crippen molar-refractivity contribution in [2.45, 2.75) is 32.7 Å². The van der Waals surface area contributed by atoms with E-state index in [4.69, 9.17) is 0 Å². The standard InChI is InChI=1S/C17H20FN3OS/c1-11-9-12(2)21(20-11)16-4-3-13(10-15(16)18)17(22)19-14-5-7-23-8-6-14/h3-4,9-10,14H,5-8H2,1-2H3,(H,19,22). The fourth-order valence-electron chi connectivity index (χ4n) is 2.80. The molecule has 1 aromatic carbocycles. The number of aryl methyl sites for hydroxylation is 2. The maximum Gasteiger partial charge on any atom is 0.251 e. The van der Waals surface area contributed by atoms with Gasteiger partial charge in [-0.3, -0.25) is 4.79 Å². The number of aromatic nitrogens is 2. The fraction of sp³-hybridized carbons (Fsp3) is 0.412. The summed E-state index contributed by atoms with van der Waals surface area (Å²) in [5.74, 6) is 1.48. The Balaban J connectivity index is 1.78. The first-order valence-electron chi connectivity index (χ1n) is 7.76. The summed E-state index contributed by atoms with van der Waals surface area (Å²) in [6.45, 7) is 3.74. The third-order valence-corrected chi connectivity index (χ3v) is 5.05. The maximum atomic E-state index is 14.4. The number of rotatable bonds is 3. The molecule has 1 aliphatic rings. The third kappa shape index (κ3) is 3.58. The highest BCUT2D eigenvalue weighted by molar-refractivity contribution is 7.99. The van der Waals surface area contributed by atoms with Crippen LogP contribution >= 0.6 is 11.8 Å². The highest BCUT2D eigenvalue weighted by atomic mass is 32.2.